The summed E-state index contributed by atoms with van der Waals surface area (Å²) >= 11 is 5.70. The van der Waals surface area contributed by atoms with Crippen molar-refractivity contribution in [3.8, 4) is 0 Å². The molecule has 0 unspecified atom stereocenters. The first kappa shape index (κ1) is 14.6. The fourth-order valence-corrected chi connectivity index (χ4v) is 2.71. The Bertz CT molecular complexity index is 418. The van der Waals surface area contributed by atoms with Crippen LogP contribution in [0.5, 0.6) is 0 Å². The van der Waals surface area contributed by atoms with E-state index < -0.39 is 0 Å². The van der Waals surface area contributed by atoms with Crippen LogP contribution < -0.4 is 4.90 Å². The van der Waals surface area contributed by atoms with E-state index in [0.717, 1.165) is 31.6 Å². The van der Waals surface area contributed by atoms with Crippen molar-refractivity contribution in [1.29, 1.82) is 0 Å². The van der Waals surface area contributed by atoms with E-state index in [4.69, 9.17) is 21.1 Å². The lowest BCUT2D eigenvalue weighted by Crippen LogP contribution is -2.39. The molecule has 106 valence electrons. The zero-order valence-electron chi connectivity index (χ0n) is 11.2. The molecule has 0 amide bonds. The molecule has 0 aromatic heterocycles. The van der Waals surface area contributed by atoms with Crippen LogP contribution in [0, 0.1) is 11.7 Å². The summed E-state index contributed by atoms with van der Waals surface area (Å²) in [6.07, 6.45) is 1.79. The fourth-order valence-electron chi connectivity index (χ4n) is 2.59. The third kappa shape index (κ3) is 3.38. The van der Waals surface area contributed by atoms with Gasteiger partial charge in [0.05, 0.1) is 5.02 Å². The molecule has 0 aliphatic carbocycles. The molecule has 19 heavy (non-hydrogen) atoms. The molecule has 1 heterocycles. The first-order valence-electron chi connectivity index (χ1n) is 6.41. The van der Waals surface area contributed by atoms with E-state index in [1.807, 2.05) is 6.07 Å². The topological polar surface area (TPSA) is 21.7 Å². The van der Waals surface area contributed by atoms with Gasteiger partial charge in [0.15, 0.2) is 6.29 Å². The van der Waals surface area contributed by atoms with Gasteiger partial charge in [-0.1, -0.05) is 11.6 Å². The number of ether oxygens (including phenoxy) is 2. The van der Waals surface area contributed by atoms with Gasteiger partial charge < -0.3 is 14.4 Å². The van der Waals surface area contributed by atoms with Crippen molar-refractivity contribution >= 4 is 17.3 Å². The number of hydrogen-bond donors (Lipinski definition) is 0. The van der Waals surface area contributed by atoms with Crippen LogP contribution in [0.3, 0.4) is 0 Å². The maximum Gasteiger partial charge on any atom is 0.159 e. The second-order valence-corrected chi connectivity index (χ2v) is 5.17. The van der Waals surface area contributed by atoms with Gasteiger partial charge in [0, 0.05) is 38.9 Å². The van der Waals surface area contributed by atoms with Gasteiger partial charge in [0.25, 0.3) is 0 Å². The summed E-state index contributed by atoms with van der Waals surface area (Å²) in [4.78, 5) is 2.16. The molecule has 1 aromatic rings. The largest absolute Gasteiger partial charge is 0.371 e. The normalized spacial score (nSPS) is 17.2. The molecule has 0 N–H and O–H groups in total. The molecule has 1 saturated heterocycles. The molecule has 1 aromatic carbocycles. The van der Waals surface area contributed by atoms with Crippen LogP contribution in [0.1, 0.15) is 12.8 Å². The molecule has 5 heteroatoms. The molecule has 2 rings (SSSR count). The van der Waals surface area contributed by atoms with Gasteiger partial charge in [0.1, 0.15) is 5.82 Å². The highest BCUT2D eigenvalue weighted by molar-refractivity contribution is 6.30. The molecular weight excluding hydrogens is 269 g/mol. The van der Waals surface area contributed by atoms with E-state index in [2.05, 4.69) is 4.90 Å². The van der Waals surface area contributed by atoms with Gasteiger partial charge >= 0.3 is 0 Å². The molecule has 3 nitrogen and oxygen atoms in total. The van der Waals surface area contributed by atoms with Crippen molar-refractivity contribution in [3.05, 3.63) is 29.0 Å². The monoisotopic (exact) mass is 287 g/mol. The number of piperidine rings is 1. The van der Waals surface area contributed by atoms with E-state index >= 15 is 0 Å². The lowest BCUT2D eigenvalue weighted by atomic mass is 9.95. The quantitative estimate of drug-likeness (QED) is 0.793. The number of anilines is 1. The number of nitrogens with zero attached hydrogens (tertiary/aromatic N) is 1. The Morgan fingerprint density at radius 1 is 1.26 bits per heavy atom. The Morgan fingerprint density at radius 2 is 1.89 bits per heavy atom. The molecule has 0 radical (unpaired) electrons. The number of benzene rings is 1. The van der Waals surface area contributed by atoms with E-state index in [9.17, 15) is 4.39 Å². The summed E-state index contributed by atoms with van der Waals surface area (Å²) < 4.78 is 24.0. The van der Waals surface area contributed by atoms with E-state index in [-0.39, 0.29) is 17.1 Å². The number of methoxy groups -OCH3 is 2. The minimum Gasteiger partial charge on any atom is -0.371 e. The standard InChI is InChI=1S/C14H19ClFNO2/c1-18-14(19-2)10-5-7-17(8-6-10)11-3-4-12(15)13(16)9-11/h3-4,9-10,14H,5-8H2,1-2H3. The van der Waals surface area contributed by atoms with E-state index in [1.165, 1.54) is 6.07 Å². The maximum atomic E-state index is 13.4. The van der Waals surface area contributed by atoms with Crippen LogP contribution in [0.4, 0.5) is 10.1 Å². The van der Waals surface area contributed by atoms with Crippen molar-refractivity contribution in [2.75, 3.05) is 32.2 Å². The Balaban J connectivity index is 1.97. The second kappa shape index (κ2) is 6.55. The second-order valence-electron chi connectivity index (χ2n) is 4.76. The van der Waals surface area contributed by atoms with Gasteiger partial charge in [-0.2, -0.15) is 0 Å². The molecule has 0 saturated carbocycles. The molecule has 1 aliphatic rings. The van der Waals surface area contributed by atoms with Gasteiger partial charge in [-0.05, 0) is 31.0 Å². The smallest absolute Gasteiger partial charge is 0.159 e. The third-order valence-corrected chi connectivity index (χ3v) is 3.96. The van der Waals surface area contributed by atoms with E-state index in [0.29, 0.717) is 5.92 Å². The number of hydrogen-bond acceptors (Lipinski definition) is 3. The highest BCUT2D eigenvalue weighted by Gasteiger charge is 2.26. The molecule has 0 spiro atoms. The van der Waals surface area contributed by atoms with Crippen molar-refractivity contribution in [1.82, 2.24) is 0 Å². The highest BCUT2D eigenvalue weighted by atomic mass is 35.5. The van der Waals surface area contributed by atoms with Crippen molar-refractivity contribution in [2.24, 2.45) is 5.92 Å². The summed E-state index contributed by atoms with van der Waals surface area (Å²) in [6.45, 7) is 1.74. The van der Waals surface area contributed by atoms with Crippen molar-refractivity contribution < 1.29 is 13.9 Å². The minimum atomic E-state index is -0.368. The highest BCUT2D eigenvalue weighted by Crippen LogP contribution is 2.28. The molecule has 1 aliphatic heterocycles. The summed E-state index contributed by atoms with van der Waals surface area (Å²) in [5, 5.41) is 0.164. The van der Waals surface area contributed by atoms with Gasteiger partial charge in [-0.15, -0.1) is 0 Å². The average molecular weight is 288 g/mol. The van der Waals surface area contributed by atoms with Crippen LogP contribution in [-0.4, -0.2) is 33.6 Å². The average Bonchev–Trinajstić information content (AvgIpc) is 2.44. The summed E-state index contributed by atoms with van der Waals surface area (Å²) in [6, 6.07) is 4.95. The molecule has 0 bridgehead atoms. The number of halogens is 2. The predicted molar refractivity (Wildman–Crippen MR) is 74.2 cm³/mol. The number of rotatable bonds is 4. The Kier molecular flexibility index (Phi) is 5.02. The Morgan fingerprint density at radius 3 is 2.42 bits per heavy atom. The SMILES string of the molecule is COC(OC)C1CCN(c2ccc(Cl)c(F)c2)CC1. The Hall–Kier alpha value is -0.840. The van der Waals surface area contributed by atoms with Crippen LogP contribution in [-0.2, 0) is 9.47 Å². The molecule has 1 fully saturated rings. The molecule has 0 atom stereocenters. The van der Waals surface area contributed by atoms with E-state index in [1.54, 1.807) is 20.3 Å². The zero-order chi connectivity index (χ0) is 13.8. The van der Waals surface area contributed by atoms with Crippen LogP contribution in [0.15, 0.2) is 18.2 Å². The summed E-state index contributed by atoms with van der Waals surface area (Å²) in [5.74, 6) is 0.0244. The lowest BCUT2D eigenvalue weighted by molar-refractivity contribution is -0.141. The van der Waals surface area contributed by atoms with Gasteiger partial charge in [-0.3, -0.25) is 0 Å². The van der Waals surface area contributed by atoms with Crippen molar-refractivity contribution in [3.63, 3.8) is 0 Å². The predicted octanol–water partition coefficient (Wildman–Crippen LogP) is 3.31. The summed E-state index contributed by atoms with van der Waals surface area (Å²) in [7, 11) is 3.32. The fraction of sp³-hybridized carbons (Fsp3) is 0.571. The first-order chi connectivity index (χ1) is 9.15. The lowest BCUT2D eigenvalue weighted by Gasteiger charge is -2.36. The van der Waals surface area contributed by atoms with Crippen LogP contribution >= 0.6 is 11.6 Å². The van der Waals surface area contributed by atoms with Crippen LogP contribution in [0.2, 0.25) is 5.02 Å². The third-order valence-electron chi connectivity index (χ3n) is 3.66. The minimum absolute atomic E-state index is 0.149. The zero-order valence-corrected chi connectivity index (χ0v) is 12.0. The van der Waals surface area contributed by atoms with Crippen molar-refractivity contribution in [2.45, 2.75) is 19.1 Å². The van der Waals surface area contributed by atoms with Gasteiger partial charge in [0.2, 0.25) is 0 Å². The van der Waals surface area contributed by atoms with Gasteiger partial charge in [-0.25, -0.2) is 4.39 Å². The Labute approximate surface area is 118 Å². The maximum absolute atomic E-state index is 13.4. The first-order valence-corrected chi connectivity index (χ1v) is 6.79. The molecular formula is C14H19ClFNO2. The summed E-state index contributed by atoms with van der Waals surface area (Å²) in [5.41, 5.74) is 0.881. The van der Waals surface area contributed by atoms with Crippen LogP contribution in [0.25, 0.3) is 0 Å².